The maximum atomic E-state index is 13.2. The van der Waals surface area contributed by atoms with Gasteiger partial charge in [-0.3, -0.25) is 9.59 Å². The van der Waals surface area contributed by atoms with Crippen LogP contribution >= 0.6 is 0 Å². The van der Waals surface area contributed by atoms with Crippen molar-refractivity contribution in [2.24, 2.45) is 5.92 Å². The van der Waals surface area contributed by atoms with Crippen molar-refractivity contribution < 1.29 is 14.0 Å². The quantitative estimate of drug-likeness (QED) is 0.709. The number of piperazine rings is 1. The van der Waals surface area contributed by atoms with Crippen molar-refractivity contribution >= 4 is 29.3 Å². The molecule has 0 spiro atoms. The van der Waals surface area contributed by atoms with Gasteiger partial charge >= 0.3 is 0 Å². The van der Waals surface area contributed by atoms with Gasteiger partial charge in [-0.25, -0.2) is 9.37 Å². The average Bonchev–Trinajstić information content (AvgIpc) is 3.49. The molecule has 1 atom stereocenters. The van der Waals surface area contributed by atoms with Gasteiger partial charge in [0.2, 0.25) is 17.8 Å². The van der Waals surface area contributed by atoms with Gasteiger partial charge in [0, 0.05) is 69.7 Å². The molecular formula is C24H29FN6O2. The lowest BCUT2D eigenvalue weighted by Gasteiger charge is -2.36. The van der Waals surface area contributed by atoms with Gasteiger partial charge in [-0.2, -0.15) is 4.98 Å². The Morgan fingerprint density at radius 1 is 0.970 bits per heavy atom. The smallest absolute Gasteiger partial charge is 0.228 e. The Morgan fingerprint density at radius 3 is 2.36 bits per heavy atom. The average molecular weight is 453 g/mol. The van der Waals surface area contributed by atoms with Crippen LogP contribution in [0.15, 0.2) is 30.3 Å². The molecule has 3 aliphatic rings. The predicted molar refractivity (Wildman–Crippen MR) is 124 cm³/mol. The minimum atomic E-state index is -0.364. The molecule has 0 saturated carbocycles. The molecule has 2 amide bonds. The molecule has 3 aliphatic heterocycles. The van der Waals surface area contributed by atoms with Crippen molar-refractivity contribution in [3.8, 4) is 0 Å². The van der Waals surface area contributed by atoms with Gasteiger partial charge in [-0.1, -0.05) is 0 Å². The van der Waals surface area contributed by atoms with Crippen molar-refractivity contribution in [1.29, 1.82) is 0 Å². The molecule has 2 aromatic rings. The molecule has 0 radical (unpaired) electrons. The van der Waals surface area contributed by atoms with E-state index in [9.17, 15) is 14.0 Å². The summed E-state index contributed by atoms with van der Waals surface area (Å²) < 4.78 is 13.2. The number of hydrogen-bond acceptors (Lipinski definition) is 6. The first-order chi connectivity index (χ1) is 16.0. The lowest BCUT2D eigenvalue weighted by molar-refractivity contribution is -0.136. The van der Waals surface area contributed by atoms with Crippen LogP contribution in [0, 0.1) is 18.7 Å². The Labute approximate surface area is 193 Å². The topological polar surface area (TPSA) is 72.9 Å². The number of amides is 2. The van der Waals surface area contributed by atoms with Gasteiger partial charge in [-0.15, -0.1) is 0 Å². The van der Waals surface area contributed by atoms with Crippen molar-refractivity contribution in [3.05, 3.63) is 41.8 Å². The highest BCUT2D eigenvalue weighted by atomic mass is 19.1. The first kappa shape index (κ1) is 21.6. The zero-order valence-corrected chi connectivity index (χ0v) is 18.9. The SMILES string of the molecule is Cc1cc(N2CCN(C(=O)C3CC(=O)N(c4ccc(F)cc4)C3)CC2)nc(N2CCCC2)n1. The molecule has 8 nitrogen and oxygen atoms in total. The highest BCUT2D eigenvalue weighted by molar-refractivity contribution is 6.00. The monoisotopic (exact) mass is 452 g/mol. The second kappa shape index (κ2) is 8.96. The summed E-state index contributed by atoms with van der Waals surface area (Å²) in [4.78, 5) is 43.0. The molecule has 3 fully saturated rings. The third-order valence-corrected chi connectivity index (χ3v) is 6.75. The number of rotatable bonds is 4. The van der Waals surface area contributed by atoms with Crippen LogP contribution in [-0.2, 0) is 9.59 Å². The number of halogens is 1. The third-order valence-electron chi connectivity index (χ3n) is 6.75. The van der Waals surface area contributed by atoms with E-state index in [1.54, 1.807) is 17.0 Å². The molecule has 3 saturated heterocycles. The maximum Gasteiger partial charge on any atom is 0.228 e. The van der Waals surface area contributed by atoms with Crippen molar-refractivity contribution in [2.45, 2.75) is 26.2 Å². The predicted octanol–water partition coefficient (Wildman–Crippen LogP) is 2.23. The van der Waals surface area contributed by atoms with E-state index >= 15 is 0 Å². The lowest BCUT2D eigenvalue weighted by atomic mass is 10.1. The second-order valence-corrected chi connectivity index (χ2v) is 9.06. The van der Waals surface area contributed by atoms with E-state index in [2.05, 4.69) is 14.8 Å². The van der Waals surface area contributed by atoms with E-state index in [1.165, 1.54) is 25.0 Å². The molecule has 9 heteroatoms. The lowest BCUT2D eigenvalue weighted by Crippen LogP contribution is -2.51. The third kappa shape index (κ3) is 4.49. The fourth-order valence-electron chi connectivity index (χ4n) is 4.91. The Bertz CT molecular complexity index is 1030. The van der Waals surface area contributed by atoms with Crippen molar-refractivity contribution in [2.75, 3.05) is 60.5 Å². The summed E-state index contributed by atoms with van der Waals surface area (Å²) in [6.45, 7) is 6.93. The highest BCUT2D eigenvalue weighted by Crippen LogP contribution is 2.27. The number of benzene rings is 1. The molecular weight excluding hydrogens is 423 g/mol. The minimum Gasteiger partial charge on any atom is -0.353 e. The van der Waals surface area contributed by atoms with Gasteiger partial charge in [0.1, 0.15) is 11.6 Å². The van der Waals surface area contributed by atoms with Crippen LogP contribution < -0.4 is 14.7 Å². The zero-order chi connectivity index (χ0) is 22.9. The fourth-order valence-corrected chi connectivity index (χ4v) is 4.91. The molecule has 0 bridgehead atoms. The molecule has 4 heterocycles. The summed E-state index contributed by atoms with van der Waals surface area (Å²) in [5.74, 6) is 0.926. The largest absolute Gasteiger partial charge is 0.353 e. The van der Waals surface area contributed by atoms with E-state index in [1.807, 2.05) is 17.9 Å². The summed E-state index contributed by atoms with van der Waals surface area (Å²) in [5.41, 5.74) is 1.58. The summed E-state index contributed by atoms with van der Waals surface area (Å²) in [7, 11) is 0. The molecule has 33 heavy (non-hydrogen) atoms. The van der Waals surface area contributed by atoms with E-state index in [-0.39, 0.29) is 30.0 Å². The van der Waals surface area contributed by atoms with E-state index in [0.29, 0.717) is 38.4 Å². The van der Waals surface area contributed by atoms with Crippen molar-refractivity contribution in [3.63, 3.8) is 0 Å². The number of hydrogen-bond donors (Lipinski definition) is 0. The van der Waals surface area contributed by atoms with Crippen LogP contribution in [0.2, 0.25) is 0 Å². The summed E-state index contributed by atoms with van der Waals surface area (Å²) >= 11 is 0. The first-order valence-corrected chi connectivity index (χ1v) is 11.7. The van der Waals surface area contributed by atoms with Crippen LogP contribution in [0.1, 0.15) is 25.0 Å². The minimum absolute atomic E-state index is 0.0178. The maximum absolute atomic E-state index is 13.2. The van der Waals surface area contributed by atoms with Gasteiger partial charge in [0.15, 0.2) is 0 Å². The summed E-state index contributed by atoms with van der Waals surface area (Å²) in [5, 5.41) is 0. The molecule has 5 rings (SSSR count). The zero-order valence-electron chi connectivity index (χ0n) is 18.9. The number of nitrogens with zero attached hydrogens (tertiary/aromatic N) is 6. The first-order valence-electron chi connectivity index (χ1n) is 11.7. The Morgan fingerprint density at radius 2 is 1.67 bits per heavy atom. The van der Waals surface area contributed by atoms with Gasteiger partial charge in [0.25, 0.3) is 0 Å². The van der Waals surface area contributed by atoms with Crippen molar-refractivity contribution in [1.82, 2.24) is 14.9 Å². The van der Waals surface area contributed by atoms with Gasteiger partial charge in [0.05, 0.1) is 5.92 Å². The van der Waals surface area contributed by atoms with E-state index in [4.69, 9.17) is 4.98 Å². The standard InChI is InChI=1S/C24H29FN6O2/c1-17-14-21(27-24(26-17)30-8-2-3-9-30)28-10-12-29(13-11-28)23(33)18-15-22(32)31(16-18)20-6-4-19(25)5-7-20/h4-7,14,18H,2-3,8-13,15-16H2,1H3. The Hall–Kier alpha value is -3.23. The molecule has 0 N–H and O–H groups in total. The van der Waals surface area contributed by atoms with Crippen LogP contribution in [0.25, 0.3) is 0 Å². The van der Waals surface area contributed by atoms with Crippen LogP contribution in [-0.4, -0.2) is 72.5 Å². The Kier molecular flexibility index (Phi) is 5.86. The number of anilines is 3. The second-order valence-electron chi connectivity index (χ2n) is 9.06. The van der Waals surface area contributed by atoms with Crippen LogP contribution in [0.3, 0.4) is 0 Å². The number of aromatic nitrogens is 2. The Balaban J connectivity index is 1.20. The van der Waals surface area contributed by atoms with Crippen LogP contribution in [0.5, 0.6) is 0 Å². The molecule has 1 aromatic heterocycles. The number of aryl methyl sites for hydroxylation is 1. The van der Waals surface area contributed by atoms with Crippen LogP contribution in [0.4, 0.5) is 21.8 Å². The normalized spacial score (nSPS) is 21.3. The fraction of sp³-hybridized carbons (Fsp3) is 0.500. The van der Waals surface area contributed by atoms with E-state index in [0.717, 1.165) is 30.5 Å². The molecule has 1 aromatic carbocycles. The molecule has 0 aliphatic carbocycles. The molecule has 174 valence electrons. The molecule has 1 unspecified atom stereocenters. The van der Waals surface area contributed by atoms with Gasteiger partial charge < -0.3 is 19.6 Å². The summed E-state index contributed by atoms with van der Waals surface area (Å²) in [6, 6.07) is 7.84. The highest BCUT2D eigenvalue weighted by Gasteiger charge is 2.38. The van der Waals surface area contributed by atoms with Gasteiger partial charge in [-0.05, 0) is 44.0 Å². The number of carbonyl (C=O) groups is 2. The number of carbonyl (C=O) groups excluding carboxylic acids is 2. The van der Waals surface area contributed by atoms with E-state index < -0.39 is 0 Å². The summed E-state index contributed by atoms with van der Waals surface area (Å²) in [6.07, 6.45) is 2.55.